The summed E-state index contributed by atoms with van der Waals surface area (Å²) >= 11 is 7.19. The van der Waals surface area contributed by atoms with Crippen LogP contribution >= 0.6 is 25.6 Å². The van der Waals surface area contributed by atoms with Gasteiger partial charge < -0.3 is 4.84 Å². The number of hydrogen-bond acceptors (Lipinski definition) is 5. The van der Waals surface area contributed by atoms with E-state index < -0.39 is 6.09 Å². The van der Waals surface area contributed by atoms with Gasteiger partial charge >= 0.3 is 6.09 Å². The van der Waals surface area contributed by atoms with Gasteiger partial charge in [-0.2, -0.15) is 8.44 Å². The number of thiol groups is 2. The number of rotatable bonds is 1. The molecule has 0 aromatic carbocycles. The van der Waals surface area contributed by atoms with Gasteiger partial charge in [-0.3, -0.25) is 0 Å². The Bertz CT molecular complexity index is 235. The van der Waals surface area contributed by atoms with Gasteiger partial charge in [0.1, 0.15) is 6.33 Å². The van der Waals surface area contributed by atoms with Gasteiger partial charge in [0, 0.05) is 6.20 Å². The Morgan fingerprint density at radius 1 is 1.64 bits per heavy atom. The number of nitrogens with zero attached hydrogens (tertiary/aromatic N) is 3. The zero-order valence-electron chi connectivity index (χ0n) is 5.28. The van der Waals surface area contributed by atoms with Crippen LogP contribution in [0.4, 0.5) is 4.79 Å². The summed E-state index contributed by atoms with van der Waals surface area (Å²) < 4.78 is 1.86. The molecule has 1 aromatic heterocycles. The normalized spacial score (nSPS) is 9.27. The molecular weight excluding hydrogens is 186 g/mol. The topological polar surface area (TPSA) is 47.4 Å². The second-order valence-electron chi connectivity index (χ2n) is 1.57. The van der Waals surface area contributed by atoms with Crippen molar-refractivity contribution >= 4 is 31.7 Å². The summed E-state index contributed by atoms with van der Waals surface area (Å²) in [5.41, 5.74) is 0. The van der Waals surface area contributed by atoms with Crippen molar-refractivity contribution in [1.82, 2.24) is 13.4 Å². The van der Waals surface area contributed by atoms with Crippen molar-refractivity contribution in [2.24, 2.45) is 0 Å². The Morgan fingerprint density at radius 2 is 2.36 bits per heavy atom. The summed E-state index contributed by atoms with van der Waals surface area (Å²) in [5, 5.41) is 0. The van der Waals surface area contributed by atoms with Crippen LogP contribution in [0.1, 0.15) is 0 Å². The molecule has 0 aliphatic heterocycles. The molecule has 0 aliphatic carbocycles. The average Bonchev–Trinajstić information content (AvgIpc) is 2.39. The van der Waals surface area contributed by atoms with Crippen LogP contribution in [0.2, 0.25) is 0 Å². The quantitative estimate of drug-likeness (QED) is 0.633. The number of amides is 1. The molecule has 1 heterocycles. The first kappa shape index (κ1) is 8.28. The van der Waals surface area contributed by atoms with Crippen LogP contribution in [0.5, 0.6) is 0 Å². The molecule has 11 heavy (non-hydrogen) atoms. The molecule has 0 fully saturated rings. The molecule has 0 atom stereocenters. The molecule has 0 bridgehead atoms. The van der Waals surface area contributed by atoms with Crippen molar-refractivity contribution in [3.8, 4) is 0 Å². The number of carbonyl (C=O) groups excluding carboxylic acids is 1. The maximum atomic E-state index is 10.7. The number of aromatic nitrogens is 2. The molecule has 0 N–H and O–H groups in total. The van der Waals surface area contributed by atoms with E-state index in [-0.39, 0.29) is 0 Å². The van der Waals surface area contributed by atoms with E-state index in [1.807, 2.05) is 0 Å². The monoisotopic (exact) mass is 191 g/mol. The molecule has 0 saturated heterocycles. The van der Waals surface area contributed by atoms with Gasteiger partial charge in [0.25, 0.3) is 0 Å². The standard InChI is InChI=1S/C4H5N3O2S2/c8-4(7(10)11)9-6-2-1-5-3-6/h1-3,10-11H. The first-order valence-corrected chi connectivity index (χ1v) is 3.38. The smallest absolute Gasteiger partial charge is 0.315 e. The lowest BCUT2D eigenvalue weighted by Crippen LogP contribution is -2.23. The molecule has 7 heteroatoms. The fraction of sp³-hybridized carbons (Fsp3) is 0. The van der Waals surface area contributed by atoms with E-state index in [1.54, 1.807) is 0 Å². The van der Waals surface area contributed by atoms with E-state index in [9.17, 15) is 4.79 Å². The highest BCUT2D eigenvalue weighted by Gasteiger charge is 2.06. The van der Waals surface area contributed by atoms with E-state index >= 15 is 0 Å². The second kappa shape index (κ2) is 3.54. The van der Waals surface area contributed by atoms with Crippen LogP contribution in [0, 0.1) is 0 Å². The third-order valence-electron chi connectivity index (χ3n) is 0.827. The molecule has 0 unspecified atom stereocenters. The minimum Gasteiger partial charge on any atom is -0.315 e. The molecule has 0 saturated carbocycles. The molecule has 1 rings (SSSR count). The number of imidazole rings is 1. The van der Waals surface area contributed by atoms with Crippen LogP contribution in [-0.2, 0) is 0 Å². The summed E-state index contributed by atoms with van der Waals surface area (Å²) in [6.45, 7) is 0. The van der Waals surface area contributed by atoms with Gasteiger partial charge in [0.15, 0.2) is 0 Å². The van der Waals surface area contributed by atoms with Gasteiger partial charge in [0.2, 0.25) is 0 Å². The van der Waals surface area contributed by atoms with E-state index in [2.05, 4.69) is 35.5 Å². The lowest BCUT2D eigenvalue weighted by atomic mass is 11.0. The van der Waals surface area contributed by atoms with Crippen molar-refractivity contribution < 1.29 is 9.63 Å². The van der Waals surface area contributed by atoms with Gasteiger partial charge in [-0.15, -0.1) is 0 Å². The van der Waals surface area contributed by atoms with E-state index in [0.29, 0.717) is 0 Å². The minimum absolute atomic E-state index is 0.699. The van der Waals surface area contributed by atoms with Crippen molar-refractivity contribution in [1.29, 1.82) is 0 Å². The first-order chi connectivity index (χ1) is 5.20. The van der Waals surface area contributed by atoms with Crippen LogP contribution < -0.4 is 4.84 Å². The Hall–Kier alpha value is -0.820. The van der Waals surface area contributed by atoms with Crippen molar-refractivity contribution in [2.75, 3.05) is 0 Å². The van der Waals surface area contributed by atoms with Crippen LogP contribution in [-0.4, -0.2) is 19.5 Å². The van der Waals surface area contributed by atoms with Gasteiger partial charge in [-0.1, -0.05) is 0 Å². The maximum Gasteiger partial charge on any atom is 0.454 e. The number of carbonyl (C=O) groups is 1. The summed E-state index contributed by atoms with van der Waals surface area (Å²) in [6.07, 6.45) is 3.59. The van der Waals surface area contributed by atoms with E-state index in [1.165, 1.54) is 18.7 Å². The predicted octanol–water partition coefficient (Wildman–Crippen LogP) is 0.423. The molecule has 0 spiro atoms. The van der Waals surface area contributed by atoms with Gasteiger partial charge in [-0.25, -0.2) is 9.78 Å². The van der Waals surface area contributed by atoms with Gasteiger partial charge in [-0.05, 0) is 25.6 Å². The highest BCUT2D eigenvalue weighted by Crippen LogP contribution is 1.98. The lowest BCUT2D eigenvalue weighted by molar-refractivity contribution is 0.129. The number of hydrogen-bond donors (Lipinski definition) is 2. The zero-order valence-corrected chi connectivity index (χ0v) is 7.07. The molecule has 1 amide bonds. The lowest BCUT2D eigenvalue weighted by Gasteiger charge is -2.06. The molecule has 0 aliphatic rings. The largest absolute Gasteiger partial charge is 0.454 e. The Balaban J connectivity index is 2.50. The molecule has 1 aromatic rings. The highest BCUT2D eigenvalue weighted by atomic mass is 32.2. The fourth-order valence-corrected chi connectivity index (χ4v) is 0.501. The summed E-state index contributed by atoms with van der Waals surface area (Å²) in [5.74, 6) is 0. The zero-order chi connectivity index (χ0) is 8.27. The van der Waals surface area contributed by atoms with Crippen molar-refractivity contribution in [3.05, 3.63) is 18.7 Å². The molecule has 0 radical (unpaired) electrons. The van der Waals surface area contributed by atoms with Crippen molar-refractivity contribution in [2.45, 2.75) is 0 Å². The maximum absolute atomic E-state index is 10.7. The van der Waals surface area contributed by atoms with Crippen molar-refractivity contribution in [3.63, 3.8) is 0 Å². The van der Waals surface area contributed by atoms with Crippen LogP contribution in [0.3, 0.4) is 0 Å². The predicted molar refractivity (Wildman–Crippen MR) is 44.0 cm³/mol. The van der Waals surface area contributed by atoms with Gasteiger partial charge in [0.05, 0.1) is 6.20 Å². The Kier molecular flexibility index (Phi) is 2.66. The Labute approximate surface area is 74.0 Å². The van der Waals surface area contributed by atoms with E-state index in [0.717, 1.165) is 8.44 Å². The SMILES string of the molecule is O=C(On1ccnc1)N(S)S. The second-order valence-corrected chi connectivity index (χ2v) is 2.68. The summed E-state index contributed by atoms with van der Waals surface area (Å²) in [6, 6.07) is 0. The summed E-state index contributed by atoms with van der Waals surface area (Å²) in [4.78, 5) is 19.0. The van der Waals surface area contributed by atoms with Crippen LogP contribution in [0.25, 0.3) is 0 Å². The minimum atomic E-state index is -0.699. The van der Waals surface area contributed by atoms with E-state index in [4.69, 9.17) is 0 Å². The first-order valence-electron chi connectivity index (χ1n) is 2.58. The third-order valence-corrected chi connectivity index (χ3v) is 1.15. The molecular formula is C4H5N3O2S2. The molecule has 5 nitrogen and oxygen atoms in total. The fourth-order valence-electron chi connectivity index (χ4n) is 0.428. The van der Waals surface area contributed by atoms with Crippen LogP contribution in [0.15, 0.2) is 18.7 Å². The summed E-state index contributed by atoms with van der Waals surface area (Å²) in [7, 11) is 0. The Morgan fingerprint density at radius 3 is 2.82 bits per heavy atom. The third kappa shape index (κ3) is 2.35. The average molecular weight is 191 g/mol. The molecule has 60 valence electrons. The highest BCUT2D eigenvalue weighted by molar-refractivity contribution is 7.94.